The van der Waals surface area contributed by atoms with Crippen molar-refractivity contribution in [3.63, 3.8) is 0 Å². The number of rotatable bonds is 7. The van der Waals surface area contributed by atoms with Crippen LogP contribution in [0.4, 0.5) is 14.7 Å². The fourth-order valence-corrected chi connectivity index (χ4v) is 4.82. The van der Waals surface area contributed by atoms with E-state index in [0.717, 1.165) is 30.8 Å². The second-order valence-corrected chi connectivity index (χ2v) is 9.94. The van der Waals surface area contributed by atoms with Crippen molar-refractivity contribution < 1.29 is 18.6 Å². The zero-order chi connectivity index (χ0) is 25.6. The topological polar surface area (TPSA) is 101 Å². The quantitative estimate of drug-likeness (QED) is 0.458. The standard InChI is InChI=1S/C26H31F2N5O3/c1-13(2)33-20-9-15(8-17(27)23(20)25(35)14(3)21(33)11-29-16-4-5-16)24-18(28)10-30-26(32-24)31-19-6-7-36-12-22(19)34/h8-10,13,16,19,22,29,34H,4-7,11-12H2,1-3H3,(H,30,31,32)/t19-,22-/m1/s1. The Bertz CT molecular complexity index is 1360. The number of nitrogens with one attached hydrogen (secondary N) is 2. The van der Waals surface area contributed by atoms with Gasteiger partial charge in [-0.2, -0.15) is 0 Å². The predicted molar refractivity (Wildman–Crippen MR) is 133 cm³/mol. The first-order valence-electron chi connectivity index (χ1n) is 12.4. The molecule has 1 saturated heterocycles. The molecule has 0 unspecified atom stereocenters. The molecule has 1 saturated carbocycles. The zero-order valence-electron chi connectivity index (χ0n) is 20.6. The minimum absolute atomic E-state index is 0.0155. The van der Waals surface area contributed by atoms with Gasteiger partial charge >= 0.3 is 0 Å². The van der Waals surface area contributed by atoms with E-state index < -0.39 is 17.7 Å². The van der Waals surface area contributed by atoms with Crippen LogP contribution in [-0.2, 0) is 11.3 Å². The number of hydrogen-bond donors (Lipinski definition) is 3. The molecule has 1 aliphatic carbocycles. The van der Waals surface area contributed by atoms with Crippen LogP contribution in [-0.4, -0.2) is 51.0 Å². The highest BCUT2D eigenvalue weighted by Gasteiger charge is 2.26. The van der Waals surface area contributed by atoms with E-state index in [1.807, 2.05) is 18.4 Å². The van der Waals surface area contributed by atoms with E-state index in [9.17, 15) is 14.3 Å². The molecular formula is C26H31F2N5O3. The van der Waals surface area contributed by atoms with Crippen LogP contribution in [0.2, 0.25) is 0 Å². The van der Waals surface area contributed by atoms with Crippen LogP contribution in [0.1, 0.15) is 50.4 Å². The molecule has 3 aromatic rings. The summed E-state index contributed by atoms with van der Waals surface area (Å²) in [5, 5.41) is 16.6. The Morgan fingerprint density at radius 2 is 2.00 bits per heavy atom. The number of benzene rings is 1. The molecule has 5 rings (SSSR count). The molecule has 1 aromatic carbocycles. The molecule has 0 bridgehead atoms. The van der Waals surface area contributed by atoms with Crippen molar-refractivity contribution in [1.29, 1.82) is 0 Å². The van der Waals surface area contributed by atoms with Crippen molar-refractivity contribution in [2.45, 2.75) is 70.8 Å². The molecule has 2 atom stereocenters. The third-order valence-corrected chi connectivity index (χ3v) is 6.93. The summed E-state index contributed by atoms with van der Waals surface area (Å²) in [7, 11) is 0. The molecule has 192 valence electrons. The molecular weight excluding hydrogens is 468 g/mol. The van der Waals surface area contributed by atoms with Gasteiger partial charge in [0, 0.05) is 42.1 Å². The fraction of sp³-hybridized carbons (Fsp3) is 0.500. The highest BCUT2D eigenvalue weighted by molar-refractivity contribution is 5.86. The number of fused-ring (bicyclic) bond motifs is 1. The number of halogens is 2. The van der Waals surface area contributed by atoms with Gasteiger partial charge in [-0.1, -0.05) is 0 Å². The molecule has 36 heavy (non-hydrogen) atoms. The number of aromatic nitrogens is 3. The first kappa shape index (κ1) is 24.7. The Hall–Kier alpha value is -2.95. The number of aliphatic hydroxyl groups is 1. The average molecular weight is 500 g/mol. The Labute approximate surface area is 207 Å². The molecule has 8 nitrogen and oxygen atoms in total. The number of nitrogens with zero attached hydrogens (tertiary/aromatic N) is 3. The summed E-state index contributed by atoms with van der Waals surface area (Å²) in [5.41, 5.74) is 1.45. The summed E-state index contributed by atoms with van der Waals surface area (Å²) >= 11 is 0. The van der Waals surface area contributed by atoms with Gasteiger partial charge in [0.2, 0.25) is 5.95 Å². The molecule has 2 aliphatic rings. The minimum Gasteiger partial charge on any atom is -0.389 e. The maximum atomic E-state index is 15.5. The molecule has 1 aliphatic heterocycles. The largest absolute Gasteiger partial charge is 0.389 e. The highest BCUT2D eigenvalue weighted by atomic mass is 19.1. The Kier molecular flexibility index (Phi) is 6.76. The molecule has 0 amide bonds. The summed E-state index contributed by atoms with van der Waals surface area (Å²) in [6.07, 6.45) is 3.02. The number of anilines is 1. The SMILES string of the molecule is Cc1c(CNC2CC2)n(C(C)C)c2cc(-c3nc(N[C@@H]4CCOC[C@H]4O)ncc3F)cc(F)c2c1=O. The van der Waals surface area contributed by atoms with Crippen molar-refractivity contribution in [1.82, 2.24) is 19.9 Å². The Morgan fingerprint density at radius 1 is 1.22 bits per heavy atom. The van der Waals surface area contributed by atoms with Crippen molar-refractivity contribution in [3.05, 3.63) is 51.4 Å². The molecule has 0 radical (unpaired) electrons. The fourth-order valence-electron chi connectivity index (χ4n) is 4.82. The van der Waals surface area contributed by atoms with Crippen LogP contribution in [0, 0.1) is 18.6 Å². The van der Waals surface area contributed by atoms with E-state index in [4.69, 9.17) is 4.74 Å². The van der Waals surface area contributed by atoms with Crippen LogP contribution in [0.25, 0.3) is 22.2 Å². The maximum Gasteiger partial charge on any atom is 0.223 e. The summed E-state index contributed by atoms with van der Waals surface area (Å²) in [6.45, 7) is 6.83. The molecule has 3 heterocycles. The number of aliphatic hydroxyl groups excluding tert-OH is 1. The van der Waals surface area contributed by atoms with Crippen LogP contribution >= 0.6 is 0 Å². The predicted octanol–water partition coefficient (Wildman–Crippen LogP) is 3.44. The lowest BCUT2D eigenvalue weighted by Crippen LogP contribution is -2.42. The molecule has 2 fully saturated rings. The second kappa shape index (κ2) is 9.84. The lowest BCUT2D eigenvalue weighted by atomic mass is 10.0. The number of hydrogen-bond acceptors (Lipinski definition) is 7. The second-order valence-electron chi connectivity index (χ2n) is 9.94. The summed E-state index contributed by atoms with van der Waals surface area (Å²) in [5.74, 6) is -1.32. The van der Waals surface area contributed by atoms with Crippen molar-refractivity contribution in [3.8, 4) is 11.3 Å². The first-order valence-corrected chi connectivity index (χ1v) is 12.4. The summed E-state index contributed by atoms with van der Waals surface area (Å²) < 4.78 is 37.6. The van der Waals surface area contributed by atoms with Gasteiger partial charge in [0.15, 0.2) is 11.2 Å². The number of ether oxygens (including phenoxy) is 1. The van der Waals surface area contributed by atoms with Gasteiger partial charge in [0.1, 0.15) is 11.5 Å². The van der Waals surface area contributed by atoms with E-state index in [2.05, 4.69) is 20.6 Å². The third kappa shape index (κ3) is 4.72. The van der Waals surface area contributed by atoms with Crippen LogP contribution < -0.4 is 16.1 Å². The lowest BCUT2D eigenvalue weighted by molar-refractivity contribution is -0.0136. The Morgan fingerprint density at radius 3 is 2.69 bits per heavy atom. The minimum atomic E-state index is -0.750. The number of pyridine rings is 1. The van der Waals surface area contributed by atoms with Crippen molar-refractivity contribution in [2.75, 3.05) is 18.5 Å². The summed E-state index contributed by atoms with van der Waals surface area (Å²) in [4.78, 5) is 21.5. The van der Waals surface area contributed by atoms with Gasteiger partial charge in [0.25, 0.3) is 0 Å². The van der Waals surface area contributed by atoms with Crippen molar-refractivity contribution >= 4 is 16.9 Å². The van der Waals surface area contributed by atoms with Gasteiger partial charge in [0.05, 0.1) is 35.9 Å². The summed E-state index contributed by atoms with van der Waals surface area (Å²) in [6, 6.07) is 2.79. The molecule has 2 aromatic heterocycles. The average Bonchev–Trinajstić information content (AvgIpc) is 3.67. The van der Waals surface area contributed by atoms with Crippen LogP contribution in [0.15, 0.2) is 23.1 Å². The first-order chi connectivity index (χ1) is 17.2. The van der Waals surface area contributed by atoms with E-state index in [1.54, 1.807) is 13.0 Å². The van der Waals surface area contributed by atoms with Crippen LogP contribution in [0.3, 0.4) is 0 Å². The van der Waals surface area contributed by atoms with E-state index in [1.165, 1.54) is 0 Å². The molecule has 0 spiro atoms. The van der Waals surface area contributed by atoms with Crippen LogP contribution in [0.5, 0.6) is 0 Å². The van der Waals surface area contributed by atoms with Gasteiger partial charge in [-0.05, 0) is 52.2 Å². The zero-order valence-corrected chi connectivity index (χ0v) is 20.6. The van der Waals surface area contributed by atoms with Gasteiger partial charge in [-0.3, -0.25) is 4.79 Å². The lowest BCUT2D eigenvalue weighted by Gasteiger charge is -2.28. The van der Waals surface area contributed by atoms with Crippen molar-refractivity contribution in [2.24, 2.45) is 0 Å². The third-order valence-electron chi connectivity index (χ3n) is 6.93. The smallest absolute Gasteiger partial charge is 0.223 e. The van der Waals surface area contributed by atoms with Gasteiger partial charge in [-0.25, -0.2) is 18.7 Å². The van der Waals surface area contributed by atoms with Gasteiger partial charge in [-0.15, -0.1) is 0 Å². The van der Waals surface area contributed by atoms with E-state index in [0.29, 0.717) is 36.7 Å². The molecule has 10 heteroatoms. The van der Waals surface area contributed by atoms with Gasteiger partial charge < -0.3 is 25.0 Å². The van der Waals surface area contributed by atoms with E-state index in [-0.39, 0.29) is 46.7 Å². The normalized spacial score (nSPS) is 20.3. The molecule has 3 N–H and O–H groups in total. The Balaban J connectivity index is 1.62. The highest BCUT2D eigenvalue weighted by Crippen LogP contribution is 2.30. The van der Waals surface area contributed by atoms with E-state index >= 15 is 4.39 Å². The monoisotopic (exact) mass is 499 g/mol. The maximum absolute atomic E-state index is 15.5.